The molecule has 0 aliphatic carbocycles. The molecular weight excluding hydrogens is 506 g/mol. The molecule has 40 heavy (non-hydrogen) atoms. The molecule has 4 aromatic rings. The van der Waals surface area contributed by atoms with Gasteiger partial charge < -0.3 is 25.4 Å². The SMILES string of the molecule is COc1ccc(C(=O)Nc2cccc(C(CCN3CCCCC3)Nc3ncnc4c(C(=O)O)cccc34)c2)cc1. The van der Waals surface area contributed by atoms with Crippen molar-refractivity contribution in [3.8, 4) is 5.75 Å². The van der Waals surface area contributed by atoms with Gasteiger partial charge in [-0.3, -0.25) is 4.79 Å². The highest BCUT2D eigenvalue weighted by Gasteiger charge is 2.19. The van der Waals surface area contributed by atoms with Crippen molar-refractivity contribution < 1.29 is 19.4 Å². The van der Waals surface area contributed by atoms with E-state index in [0.717, 1.165) is 31.6 Å². The fraction of sp³-hybridized carbons (Fsp3) is 0.290. The van der Waals surface area contributed by atoms with E-state index in [1.54, 1.807) is 43.5 Å². The van der Waals surface area contributed by atoms with Crippen LogP contribution in [-0.4, -0.2) is 58.6 Å². The molecule has 1 aromatic heterocycles. The Bertz CT molecular complexity index is 1490. The van der Waals surface area contributed by atoms with Crippen LogP contribution in [0, 0.1) is 0 Å². The number of amides is 1. The second-order valence-electron chi connectivity index (χ2n) is 9.93. The minimum atomic E-state index is -1.03. The summed E-state index contributed by atoms with van der Waals surface area (Å²) in [6, 6.07) is 19.7. The minimum Gasteiger partial charge on any atom is -0.497 e. The predicted molar refractivity (Wildman–Crippen MR) is 155 cm³/mol. The number of carboxylic acid groups (broad SMARTS) is 1. The standard InChI is InChI=1S/C31H33N5O4/c1-40-24-13-11-21(12-14-24)30(37)34-23-8-5-7-22(19-23)27(15-18-36-16-3-2-4-17-36)35-29-25-9-6-10-26(31(38)39)28(25)32-20-33-29/h5-14,19-20,27H,2-4,15-18H2,1H3,(H,34,37)(H,38,39)(H,32,33,35). The number of nitrogens with one attached hydrogen (secondary N) is 2. The van der Waals surface area contributed by atoms with Gasteiger partial charge in [0.05, 0.1) is 24.2 Å². The average molecular weight is 540 g/mol. The number of anilines is 2. The molecule has 3 aromatic carbocycles. The smallest absolute Gasteiger partial charge is 0.337 e. The molecule has 1 aliphatic rings. The van der Waals surface area contributed by atoms with Crippen LogP contribution in [0.25, 0.3) is 10.9 Å². The van der Waals surface area contributed by atoms with Crippen LogP contribution in [-0.2, 0) is 0 Å². The summed E-state index contributed by atoms with van der Waals surface area (Å²) >= 11 is 0. The van der Waals surface area contributed by atoms with Gasteiger partial charge in [0.25, 0.3) is 5.91 Å². The fourth-order valence-electron chi connectivity index (χ4n) is 5.14. The lowest BCUT2D eigenvalue weighted by Crippen LogP contribution is -2.32. The first-order valence-corrected chi connectivity index (χ1v) is 13.5. The molecule has 0 bridgehead atoms. The number of carbonyl (C=O) groups excluding carboxylic acids is 1. The Morgan fingerprint density at radius 2 is 1.77 bits per heavy atom. The third-order valence-corrected chi connectivity index (χ3v) is 7.29. The van der Waals surface area contributed by atoms with Gasteiger partial charge in [-0.1, -0.05) is 24.6 Å². The number of aromatic carboxylic acids is 1. The van der Waals surface area contributed by atoms with Gasteiger partial charge in [0.15, 0.2) is 0 Å². The first kappa shape index (κ1) is 27.1. The molecule has 1 amide bonds. The number of likely N-dealkylation sites (tertiary alicyclic amines) is 1. The van der Waals surface area contributed by atoms with E-state index in [9.17, 15) is 14.7 Å². The van der Waals surface area contributed by atoms with E-state index in [1.165, 1.54) is 25.6 Å². The average Bonchev–Trinajstić information content (AvgIpc) is 2.99. The van der Waals surface area contributed by atoms with Gasteiger partial charge in [0.2, 0.25) is 0 Å². The van der Waals surface area contributed by atoms with Crippen LogP contribution < -0.4 is 15.4 Å². The number of fused-ring (bicyclic) bond motifs is 1. The molecule has 0 radical (unpaired) electrons. The van der Waals surface area contributed by atoms with E-state index in [2.05, 4.69) is 25.5 Å². The number of aromatic nitrogens is 2. The van der Waals surface area contributed by atoms with Gasteiger partial charge in [-0.2, -0.15) is 0 Å². The zero-order valence-corrected chi connectivity index (χ0v) is 22.5. The Hall–Kier alpha value is -4.50. The number of hydrogen-bond acceptors (Lipinski definition) is 7. The topological polar surface area (TPSA) is 117 Å². The zero-order chi connectivity index (χ0) is 27.9. The third-order valence-electron chi connectivity index (χ3n) is 7.29. The maximum Gasteiger partial charge on any atom is 0.337 e. The molecule has 0 spiro atoms. The second-order valence-corrected chi connectivity index (χ2v) is 9.93. The van der Waals surface area contributed by atoms with Gasteiger partial charge in [-0.05, 0) is 86.4 Å². The van der Waals surface area contributed by atoms with Crippen molar-refractivity contribution in [1.29, 1.82) is 0 Å². The quantitative estimate of drug-likeness (QED) is 0.238. The second kappa shape index (κ2) is 12.6. The predicted octanol–water partition coefficient (Wildman–Crippen LogP) is 5.62. The summed E-state index contributed by atoms with van der Waals surface area (Å²) in [5.41, 5.74) is 2.74. The summed E-state index contributed by atoms with van der Waals surface area (Å²) in [6.45, 7) is 3.08. The van der Waals surface area contributed by atoms with Crippen molar-refractivity contribution in [1.82, 2.24) is 14.9 Å². The van der Waals surface area contributed by atoms with Gasteiger partial charge in [0, 0.05) is 23.2 Å². The highest BCUT2D eigenvalue weighted by molar-refractivity contribution is 6.05. The summed E-state index contributed by atoms with van der Waals surface area (Å²) < 4.78 is 5.19. The van der Waals surface area contributed by atoms with Crippen molar-refractivity contribution in [2.45, 2.75) is 31.7 Å². The largest absolute Gasteiger partial charge is 0.497 e. The van der Waals surface area contributed by atoms with E-state index < -0.39 is 5.97 Å². The van der Waals surface area contributed by atoms with Crippen molar-refractivity contribution in [2.24, 2.45) is 0 Å². The van der Waals surface area contributed by atoms with Gasteiger partial charge in [0.1, 0.15) is 17.9 Å². The van der Waals surface area contributed by atoms with E-state index >= 15 is 0 Å². The van der Waals surface area contributed by atoms with Crippen LogP contribution in [0.3, 0.4) is 0 Å². The number of nitrogens with zero attached hydrogens (tertiary/aromatic N) is 3. The summed E-state index contributed by atoms with van der Waals surface area (Å²) in [7, 11) is 1.59. The van der Waals surface area contributed by atoms with Crippen LogP contribution in [0.4, 0.5) is 11.5 Å². The van der Waals surface area contributed by atoms with Gasteiger partial charge in [-0.25, -0.2) is 14.8 Å². The summed E-state index contributed by atoms with van der Waals surface area (Å²) in [4.78, 5) is 35.9. The summed E-state index contributed by atoms with van der Waals surface area (Å²) in [6.07, 6.45) is 5.89. The molecule has 1 unspecified atom stereocenters. The number of ether oxygens (including phenoxy) is 1. The number of methoxy groups -OCH3 is 1. The number of rotatable bonds is 10. The molecule has 2 heterocycles. The molecule has 9 nitrogen and oxygen atoms in total. The Balaban J connectivity index is 1.41. The molecule has 1 atom stereocenters. The Labute approximate surface area is 233 Å². The van der Waals surface area contributed by atoms with E-state index in [4.69, 9.17) is 4.74 Å². The number of carbonyl (C=O) groups is 2. The van der Waals surface area contributed by atoms with E-state index in [1.807, 2.05) is 30.3 Å². The van der Waals surface area contributed by atoms with Gasteiger partial charge >= 0.3 is 5.97 Å². The normalized spacial score (nSPS) is 14.4. The van der Waals surface area contributed by atoms with E-state index in [0.29, 0.717) is 33.7 Å². The number of hydrogen-bond donors (Lipinski definition) is 3. The van der Waals surface area contributed by atoms with Crippen molar-refractivity contribution in [3.05, 3.63) is 89.7 Å². The van der Waals surface area contributed by atoms with Crippen molar-refractivity contribution in [3.63, 3.8) is 0 Å². The zero-order valence-electron chi connectivity index (χ0n) is 22.5. The van der Waals surface area contributed by atoms with Gasteiger partial charge in [-0.15, -0.1) is 0 Å². The molecule has 9 heteroatoms. The van der Waals surface area contributed by atoms with Crippen LogP contribution in [0.15, 0.2) is 73.1 Å². The lowest BCUT2D eigenvalue weighted by molar-refractivity contribution is 0.0698. The molecule has 3 N–H and O–H groups in total. The summed E-state index contributed by atoms with van der Waals surface area (Å²) in [5, 5.41) is 16.9. The number of carboxylic acids is 1. The van der Waals surface area contributed by atoms with Crippen LogP contribution in [0.1, 0.15) is 58.0 Å². The fourth-order valence-corrected chi connectivity index (χ4v) is 5.14. The van der Waals surface area contributed by atoms with Crippen molar-refractivity contribution >= 4 is 34.3 Å². The third kappa shape index (κ3) is 6.38. The van der Waals surface area contributed by atoms with Crippen molar-refractivity contribution in [2.75, 3.05) is 37.4 Å². The Kier molecular flexibility index (Phi) is 8.51. The van der Waals surface area contributed by atoms with Crippen LogP contribution in [0.5, 0.6) is 5.75 Å². The Morgan fingerprint density at radius 1 is 1.00 bits per heavy atom. The summed E-state index contributed by atoms with van der Waals surface area (Å²) in [5.74, 6) is 0.0242. The molecule has 206 valence electrons. The maximum atomic E-state index is 12.9. The lowest BCUT2D eigenvalue weighted by Gasteiger charge is -2.29. The first-order chi connectivity index (χ1) is 19.5. The maximum absolute atomic E-state index is 12.9. The number of piperidine rings is 1. The highest BCUT2D eigenvalue weighted by Crippen LogP contribution is 2.29. The molecule has 5 rings (SSSR count). The number of benzene rings is 3. The monoisotopic (exact) mass is 539 g/mol. The molecular formula is C31H33N5O4. The number of para-hydroxylation sites is 1. The highest BCUT2D eigenvalue weighted by atomic mass is 16.5. The lowest BCUT2D eigenvalue weighted by atomic mass is 10.0. The Morgan fingerprint density at radius 3 is 2.52 bits per heavy atom. The van der Waals surface area contributed by atoms with Crippen LogP contribution in [0.2, 0.25) is 0 Å². The minimum absolute atomic E-state index is 0.133. The molecule has 1 saturated heterocycles. The van der Waals surface area contributed by atoms with Crippen LogP contribution >= 0.6 is 0 Å². The first-order valence-electron chi connectivity index (χ1n) is 13.5. The molecule has 1 fully saturated rings. The van der Waals surface area contributed by atoms with E-state index in [-0.39, 0.29) is 17.5 Å². The molecule has 1 aliphatic heterocycles. The molecule has 0 saturated carbocycles.